The average Bonchev–Trinajstić information content (AvgIpc) is 2.93. The molecule has 1 aliphatic heterocycles. The van der Waals surface area contributed by atoms with E-state index in [4.69, 9.17) is 0 Å². The third kappa shape index (κ3) is 2.40. The third-order valence-electron chi connectivity index (χ3n) is 3.65. The Balaban J connectivity index is 1.97. The number of piperazine rings is 1. The summed E-state index contributed by atoms with van der Waals surface area (Å²) in [5, 5.41) is 9.46. The van der Waals surface area contributed by atoms with E-state index in [1.165, 1.54) is 6.20 Å². The van der Waals surface area contributed by atoms with Gasteiger partial charge in [-0.15, -0.1) is 0 Å². The largest absolute Gasteiger partial charge is 0.352 e. The third-order valence-corrected chi connectivity index (χ3v) is 3.65. The number of aromatic amines is 1. The van der Waals surface area contributed by atoms with Gasteiger partial charge in [0.15, 0.2) is 0 Å². The van der Waals surface area contributed by atoms with Crippen LogP contribution in [0.25, 0.3) is 0 Å². The molecule has 1 aromatic carbocycles. The highest BCUT2D eigenvalue weighted by Crippen LogP contribution is 2.25. The van der Waals surface area contributed by atoms with Crippen LogP contribution in [-0.2, 0) is 4.79 Å². The molecule has 2 heterocycles. The van der Waals surface area contributed by atoms with E-state index < -0.39 is 6.04 Å². The van der Waals surface area contributed by atoms with E-state index in [0.717, 1.165) is 5.56 Å². The molecule has 2 N–H and O–H groups in total. The van der Waals surface area contributed by atoms with Crippen molar-refractivity contribution in [3.05, 3.63) is 53.3 Å². The zero-order valence-corrected chi connectivity index (χ0v) is 11.7. The molecule has 0 saturated carbocycles. The smallest absolute Gasteiger partial charge is 0.258 e. The lowest BCUT2D eigenvalue weighted by Crippen LogP contribution is -2.52. The fourth-order valence-electron chi connectivity index (χ4n) is 2.57. The standard InChI is InChI=1S/C15H16N4O2/c1-10-12(9-17-18-10)15(21)19-8-7-16-14(20)13(19)11-5-3-2-4-6-11/h2-6,9,13H,7-8H2,1H3,(H,16,20)(H,17,18). The summed E-state index contributed by atoms with van der Waals surface area (Å²) in [7, 11) is 0. The molecule has 1 aromatic heterocycles. The van der Waals surface area contributed by atoms with Crippen LogP contribution in [0.4, 0.5) is 0 Å². The van der Waals surface area contributed by atoms with Gasteiger partial charge in [-0.05, 0) is 12.5 Å². The van der Waals surface area contributed by atoms with Crippen molar-refractivity contribution in [2.45, 2.75) is 13.0 Å². The summed E-state index contributed by atoms with van der Waals surface area (Å²) in [4.78, 5) is 26.5. The van der Waals surface area contributed by atoms with Gasteiger partial charge in [0, 0.05) is 18.8 Å². The fraction of sp³-hybridized carbons (Fsp3) is 0.267. The average molecular weight is 284 g/mol. The van der Waals surface area contributed by atoms with E-state index in [1.807, 2.05) is 30.3 Å². The fourth-order valence-corrected chi connectivity index (χ4v) is 2.57. The molecule has 1 saturated heterocycles. The van der Waals surface area contributed by atoms with Crippen LogP contribution in [0.1, 0.15) is 27.7 Å². The van der Waals surface area contributed by atoms with Crippen molar-refractivity contribution in [1.29, 1.82) is 0 Å². The van der Waals surface area contributed by atoms with Crippen molar-refractivity contribution in [2.24, 2.45) is 0 Å². The minimum atomic E-state index is -0.596. The lowest BCUT2D eigenvalue weighted by atomic mass is 10.0. The topological polar surface area (TPSA) is 78.1 Å². The maximum absolute atomic E-state index is 12.7. The van der Waals surface area contributed by atoms with Crippen LogP contribution in [0.5, 0.6) is 0 Å². The number of hydrogen-bond donors (Lipinski definition) is 2. The first-order valence-electron chi connectivity index (χ1n) is 6.82. The zero-order valence-electron chi connectivity index (χ0n) is 11.7. The van der Waals surface area contributed by atoms with E-state index in [2.05, 4.69) is 15.5 Å². The second-order valence-electron chi connectivity index (χ2n) is 5.01. The summed E-state index contributed by atoms with van der Waals surface area (Å²) in [5.41, 5.74) is 2.02. The van der Waals surface area contributed by atoms with Crippen molar-refractivity contribution < 1.29 is 9.59 Å². The number of carbonyl (C=O) groups is 2. The predicted octanol–water partition coefficient (Wildman–Crippen LogP) is 1.03. The van der Waals surface area contributed by atoms with Crippen LogP contribution in [0.2, 0.25) is 0 Å². The number of aryl methyl sites for hydroxylation is 1. The van der Waals surface area contributed by atoms with Gasteiger partial charge in [-0.2, -0.15) is 5.10 Å². The molecule has 108 valence electrons. The Labute approximate surface area is 122 Å². The molecular weight excluding hydrogens is 268 g/mol. The summed E-state index contributed by atoms with van der Waals surface area (Å²) in [6.45, 7) is 2.74. The van der Waals surface area contributed by atoms with Crippen molar-refractivity contribution in [2.75, 3.05) is 13.1 Å². The molecule has 0 radical (unpaired) electrons. The molecule has 1 atom stereocenters. The molecule has 1 aliphatic rings. The van der Waals surface area contributed by atoms with Crippen LogP contribution < -0.4 is 5.32 Å². The van der Waals surface area contributed by atoms with Crippen molar-refractivity contribution in [3.8, 4) is 0 Å². The first-order chi connectivity index (χ1) is 10.2. The summed E-state index contributed by atoms with van der Waals surface area (Å²) in [5.74, 6) is -0.327. The monoisotopic (exact) mass is 284 g/mol. The van der Waals surface area contributed by atoms with Crippen LogP contribution in [-0.4, -0.2) is 40.0 Å². The molecule has 2 aromatic rings. The van der Waals surface area contributed by atoms with Crippen LogP contribution in [0.15, 0.2) is 36.5 Å². The molecule has 1 fully saturated rings. The number of rotatable bonds is 2. The lowest BCUT2D eigenvalue weighted by Gasteiger charge is -2.35. The Morgan fingerprint density at radius 2 is 2.10 bits per heavy atom. The lowest BCUT2D eigenvalue weighted by molar-refractivity contribution is -0.128. The Kier molecular flexibility index (Phi) is 3.43. The Morgan fingerprint density at radius 3 is 2.76 bits per heavy atom. The number of carbonyl (C=O) groups excluding carboxylic acids is 2. The summed E-state index contributed by atoms with van der Waals surface area (Å²) in [6.07, 6.45) is 1.51. The summed E-state index contributed by atoms with van der Waals surface area (Å²) in [6, 6.07) is 8.74. The number of amides is 2. The molecular formula is C15H16N4O2. The van der Waals surface area contributed by atoms with Crippen molar-refractivity contribution in [3.63, 3.8) is 0 Å². The predicted molar refractivity (Wildman–Crippen MR) is 76.6 cm³/mol. The highest BCUT2D eigenvalue weighted by molar-refractivity contribution is 5.99. The van der Waals surface area contributed by atoms with E-state index >= 15 is 0 Å². The highest BCUT2D eigenvalue weighted by atomic mass is 16.2. The Morgan fingerprint density at radius 1 is 1.33 bits per heavy atom. The maximum atomic E-state index is 12.7. The van der Waals surface area contributed by atoms with Crippen LogP contribution in [0, 0.1) is 6.92 Å². The van der Waals surface area contributed by atoms with Gasteiger partial charge in [-0.25, -0.2) is 0 Å². The molecule has 2 amide bonds. The Bertz CT molecular complexity index is 665. The van der Waals surface area contributed by atoms with Gasteiger partial charge in [0.25, 0.3) is 5.91 Å². The normalized spacial score (nSPS) is 18.4. The van der Waals surface area contributed by atoms with Crippen molar-refractivity contribution in [1.82, 2.24) is 20.4 Å². The minimum Gasteiger partial charge on any atom is -0.352 e. The van der Waals surface area contributed by atoms with Gasteiger partial charge in [-0.1, -0.05) is 30.3 Å². The first kappa shape index (κ1) is 13.4. The molecule has 6 heteroatoms. The van der Waals surface area contributed by atoms with Gasteiger partial charge >= 0.3 is 0 Å². The minimum absolute atomic E-state index is 0.151. The maximum Gasteiger partial charge on any atom is 0.258 e. The quantitative estimate of drug-likeness (QED) is 0.864. The molecule has 21 heavy (non-hydrogen) atoms. The Hall–Kier alpha value is -2.63. The van der Waals surface area contributed by atoms with Gasteiger partial charge in [-0.3, -0.25) is 14.7 Å². The zero-order chi connectivity index (χ0) is 14.8. The number of hydrogen-bond acceptors (Lipinski definition) is 3. The number of nitrogens with one attached hydrogen (secondary N) is 2. The molecule has 0 aliphatic carbocycles. The molecule has 1 unspecified atom stereocenters. The van der Waals surface area contributed by atoms with Gasteiger partial charge < -0.3 is 10.2 Å². The summed E-state index contributed by atoms with van der Waals surface area (Å²) >= 11 is 0. The van der Waals surface area contributed by atoms with E-state index in [1.54, 1.807) is 11.8 Å². The van der Waals surface area contributed by atoms with E-state index in [0.29, 0.717) is 24.3 Å². The number of aromatic nitrogens is 2. The van der Waals surface area contributed by atoms with Gasteiger partial charge in [0.2, 0.25) is 5.91 Å². The van der Waals surface area contributed by atoms with Gasteiger partial charge in [0.05, 0.1) is 11.8 Å². The highest BCUT2D eigenvalue weighted by Gasteiger charge is 2.35. The summed E-state index contributed by atoms with van der Waals surface area (Å²) < 4.78 is 0. The number of benzene rings is 1. The second-order valence-corrected chi connectivity index (χ2v) is 5.01. The molecule has 6 nitrogen and oxygen atoms in total. The second kappa shape index (κ2) is 5.40. The SMILES string of the molecule is Cc1[nH]ncc1C(=O)N1CCNC(=O)C1c1ccccc1. The first-order valence-corrected chi connectivity index (χ1v) is 6.82. The van der Waals surface area contributed by atoms with Crippen LogP contribution >= 0.6 is 0 Å². The van der Waals surface area contributed by atoms with Gasteiger partial charge in [0.1, 0.15) is 6.04 Å². The number of nitrogens with zero attached hydrogens (tertiary/aromatic N) is 2. The van der Waals surface area contributed by atoms with E-state index in [9.17, 15) is 9.59 Å². The van der Waals surface area contributed by atoms with Crippen LogP contribution in [0.3, 0.4) is 0 Å². The molecule has 0 bridgehead atoms. The van der Waals surface area contributed by atoms with Crippen molar-refractivity contribution >= 4 is 11.8 Å². The van der Waals surface area contributed by atoms with E-state index in [-0.39, 0.29) is 11.8 Å². The molecule has 3 rings (SSSR count). The molecule has 0 spiro atoms. The number of H-pyrrole nitrogens is 1.